The first kappa shape index (κ1) is 24.0. The van der Waals surface area contributed by atoms with Crippen LogP contribution in [0, 0.1) is 5.82 Å². The highest BCUT2D eigenvalue weighted by atomic mass is 79.9. The fraction of sp³-hybridized carbons (Fsp3) is 0.417. The van der Waals surface area contributed by atoms with Gasteiger partial charge in [0.05, 0.1) is 16.6 Å². The third kappa shape index (κ3) is 6.45. The highest BCUT2D eigenvalue weighted by Crippen LogP contribution is 2.27. The molecule has 0 aromatic heterocycles. The van der Waals surface area contributed by atoms with E-state index in [0.29, 0.717) is 23.0 Å². The lowest BCUT2D eigenvalue weighted by atomic mass is 10.00. The Balaban J connectivity index is 1.73. The third-order valence-corrected chi connectivity index (χ3v) is 5.76. The number of halogens is 2. The van der Waals surface area contributed by atoms with E-state index in [-0.39, 0.29) is 18.8 Å². The zero-order valence-electron chi connectivity index (χ0n) is 18.4. The lowest BCUT2D eigenvalue weighted by Crippen LogP contribution is -2.49. The third-order valence-electron chi connectivity index (χ3n) is 5.15. The summed E-state index contributed by atoms with van der Waals surface area (Å²) < 4.78 is 25.9. The number of carbonyl (C=O) groups is 2. The number of likely N-dealkylation sites (tertiary alicyclic amines) is 1. The van der Waals surface area contributed by atoms with Crippen LogP contribution in [0.1, 0.15) is 38.3 Å². The van der Waals surface area contributed by atoms with Crippen molar-refractivity contribution in [2.45, 2.75) is 57.9 Å². The molecule has 1 heterocycles. The molecule has 3 rings (SSSR count). The van der Waals surface area contributed by atoms with Crippen LogP contribution in [0.2, 0.25) is 0 Å². The molecule has 8 heteroatoms. The Labute approximate surface area is 196 Å². The minimum absolute atomic E-state index is 0.139. The molecule has 6 nitrogen and oxygen atoms in total. The Hall–Kier alpha value is -2.61. The average molecular weight is 507 g/mol. The molecule has 0 spiro atoms. The molecule has 1 aliphatic heterocycles. The van der Waals surface area contributed by atoms with E-state index in [4.69, 9.17) is 9.47 Å². The number of benzene rings is 2. The molecule has 1 fully saturated rings. The van der Waals surface area contributed by atoms with Crippen LogP contribution in [0.3, 0.4) is 0 Å². The van der Waals surface area contributed by atoms with E-state index < -0.39 is 29.9 Å². The Bertz CT molecular complexity index is 949. The summed E-state index contributed by atoms with van der Waals surface area (Å²) in [6, 6.07) is 13.5. The van der Waals surface area contributed by atoms with E-state index >= 15 is 0 Å². The van der Waals surface area contributed by atoms with Crippen LogP contribution >= 0.6 is 15.9 Å². The summed E-state index contributed by atoms with van der Waals surface area (Å²) in [6.07, 6.45) is -0.321. The monoisotopic (exact) mass is 506 g/mol. The van der Waals surface area contributed by atoms with Crippen LogP contribution in [0.25, 0.3) is 0 Å². The maximum absolute atomic E-state index is 14.7. The molecule has 1 N–H and O–H groups in total. The molecule has 0 unspecified atom stereocenters. The standard InChI is InChI=1S/C24H28BrFN2O4/c1-24(2,3)32-23(30)28-13-12-19(20(28)14-17-10-7-11-18(25)21(17)26)27-22(29)31-15-16-8-5-4-6-9-16/h4-11,19-20H,12-15H2,1-3H3,(H,27,29)/t19-,20-/m0/s1. The first-order chi connectivity index (χ1) is 15.1. The summed E-state index contributed by atoms with van der Waals surface area (Å²) in [5, 5.41) is 2.86. The number of alkyl carbamates (subject to hydrolysis) is 1. The molecule has 32 heavy (non-hydrogen) atoms. The topological polar surface area (TPSA) is 67.9 Å². The molecule has 0 bridgehead atoms. The first-order valence-electron chi connectivity index (χ1n) is 10.5. The van der Waals surface area contributed by atoms with Crippen molar-refractivity contribution < 1.29 is 23.5 Å². The summed E-state index contributed by atoms with van der Waals surface area (Å²) in [5.41, 5.74) is 0.657. The molecule has 1 saturated heterocycles. The van der Waals surface area contributed by atoms with Gasteiger partial charge in [-0.3, -0.25) is 0 Å². The highest BCUT2D eigenvalue weighted by Gasteiger charge is 2.40. The second kappa shape index (κ2) is 10.3. The van der Waals surface area contributed by atoms with Gasteiger partial charge in [0.2, 0.25) is 0 Å². The van der Waals surface area contributed by atoms with Crippen molar-refractivity contribution in [2.75, 3.05) is 6.54 Å². The fourth-order valence-electron chi connectivity index (χ4n) is 3.67. The predicted octanol–water partition coefficient (Wildman–Crippen LogP) is 5.44. The number of ether oxygens (including phenoxy) is 2. The number of nitrogens with zero attached hydrogens (tertiary/aromatic N) is 1. The molecule has 0 saturated carbocycles. The van der Waals surface area contributed by atoms with Crippen LogP contribution in [0.15, 0.2) is 53.0 Å². The van der Waals surface area contributed by atoms with E-state index in [9.17, 15) is 14.0 Å². The maximum atomic E-state index is 14.7. The van der Waals surface area contributed by atoms with E-state index in [1.807, 2.05) is 30.3 Å². The summed E-state index contributed by atoms with van der Waals surface area (Å²) in [7, 11) is 0. The average Bonchev–Trinajstić information content (AvgIpc) is 3.11. The number of hydrogen-bond donors (Lipinski definition) is 1. The Kier molecular flexibility index (Phi) is 7.77. The minimum atomic E-state index is -0.664. The fourth-order valence-corrected chi connectivity index (χ4v) is 4.08. The van der Waals surface area contributed by atoms with E-state index in [2.05, 4.69) is 21.2 Å². The van der Waals surface area contributed by atoms with Crippen LogP contribution in [0.4, 0.5) is 14.0 Å². The smallest absolute Gasteiger partial charge is 0.410 e. The molecule has 0 aliphatic carbocycles. The van der Waals surface area contributed by atoms with Gasteiger partial charge in [-0.15, -0.1) is 0 Å². The zero-order chi connectivity index (χ0) is 23.3. The van der Waals surface area contributed by atoms with Crippen LogP contribution in [0.5, 0.6) is 0 Å². The molecule has 1 aliphatic rings. The van der Waals surface area contributed by atoms with E-state index in [1.165, 1.54) is 0 Å². The quantitative estimate of drug-likeness (QED) is 0.586. The van der Waals surface area contributed by atoms with Gasteiger partial charge in [-0.1, -0.05) is 42.5 Å². The molecule has 2 aromatic rings. The summed E-state index contributed by atoms with van der Waals surface area (Å²) in [6.45, 7) is 5.90. The van der Waals surface area contributed by atoms with Gasteiger partial charge < -0.3 is 19.7 Å². The lowest BCUT2D eigenvalue weighted by Gasteiger charge is -2.31. The number of carbonyl (C=O) groups excluding carboxylic acids is 2. The van der Waals surface area contributed by atoms with Gasteiger partial charge in [-0.2, -0.15) is 0 Å². The Morgan fingerprint density at radius 1 is 1.16 bits per heavy atom. The largest absolute Gasteiger partial charge is 0.445 e. The number of nitrogens with one attached hydrogen (secondary N) is 1. The van der Waals surface area contributed by atoms with Gasteiger partial charge in [0.1, 0.15) is 18.0 Å². The SMILES string of the molecule is CC(C)(C)OC(=O)N1CC[C@H](NC(=O)OCc2ccccc2)[C@@H]1Cc1cccc(Br)c1F. The number of rotatable bonds is 5. The second-order valence-corrected chi connectivity index (χ2v) is 9.61. The molecule has 2 amide bonds. The van der Waals surface area contributed by atoms with Crippen molar-refractivity contribution in [1.82, 2.24) is 10.2 Å². The van der Waals surface area contributed by atoms with Gasteiger partial charge in [-0.05, 0) is 66.7 Å². The molecule has 2 atom stereocenters. The Morgan fingerprint density at radius 3 is 2.56 bits per heavy atom. The summed E-state index contributed by atoms with van der Waals surface area (Å²) >= 11 is 3.21. The van der Waals surface area contributed by atoms with Crippen molar-refractivity contribution in [2.24, 2.45) is 0 Å². The molecular weight excluding hydrogens is 479 g/mol. The molecule has 0 radical (unpaired) electrons. The van der Waals surface area contributed by atoms with Crippen molar-refractivity contribution in [3.05, 3.63) is 69.9 Å². The number of hydrogen-bond acceptors (Lipinski definition) is 4. The predicted molar refractivity (Wildman–Crippen MR) is 123 cm³/mol. The van der Waals surface area contributed by atoms with Crippen molar-refractivity contribution in [3.63, 3.8) is 0 Å². The number of amides is 2. The summed E-state index contributed by atoms with van der Waals surface area (Å²) in [5.74, 6) is -0.381. The van der Waals surface area contributed by atoms with Gasteiger partial charge in [-0.25, -0.2) is 14.0 Å². The van der Waals surface area contributed by atoms with Crippen LogP contribution in [-0.4, -0.2) is 41.3 Å². The van der Waals surface area contributed by atoms with Crippen LogP contribution in [-0.2, 0) is 22.5 Å². The van der Waals surface area contributed by atoms with E-state index in [0.717, 1.165) is 5.56 Å². The van der Waals surface area contributed by atoms with Crippen molar-refractivity contribution in [3.8, 4) is 0 Å². The maximum Gasteiger partial charge on any atom is 0.410 e. The van der Waals surface area contributed by atoms with Crippen molar-refractivity contribution in [1.29, 1.82) is 0 Å². The second-order valence-electron chi connectivity index (χ2n) is 8.76. The molecule has 2 aromatic carbocycles. The molecule has 172 valence electrons. The molecular formula is C24H28BrFN2O4. The normalized spacial score (nSPS) is 18.3. The zero-order valence-corrected chi connectivity index (χ0v) is 20.0. The Morgan fingerprint density at radius 2 is 1.88 bits per heavy atom. The summed E-state index contributed by atoms with van der Waals surface area (Å²) in [4.78, 5) is 26.8. The van der Waals surface area contributed by atoms with Gasteiger partial charge in [0.25, 0.3) is 0 Å². The van der Waals surface area contributed by atoms with Gasteiger partial charge in [0.15, 0.2) is 0 Å². The van der Waals surface area contributed by atoms with Gasteiger partial charge in [0, 0.05) is 6.54 Å². The minimum Gasteiger partial charge on any atom is -0.445 e. The first-order valence-corrected chi connectivity index (χ1v) is 11.3. The van der Waals surface area contributed by atoms with Crippen LogP contribution < -0.4 is 5.32 Å². The lowest BCUT2D eigenvalue weighted by molar-refractivity contribution is 0.0213. The van der Waals surface area contributed by atoms with Gasteiger partial charge >= 0.3 is 12.2 Å². The van der Waals surface area contributed by atoms with E-state index in [1.54, 1.807) is 43.9 Å². The van der Waals surface area contributed by atoms with Crippen molar-refractivity contribution >= 4 is 28.1 Å². The highest BCUT2D eigenvalue weighted by molar-refractivity contribution is 9.10.